The van der Waals surface area contributed by atoms with Crippen molar-refractivity contribution >= 4 is 20.9 Å². The highest BCUT2D eigenvalue weighted by atomic mass is 32.2. The molecule has 0 fully saturated rings. The van der Waals surface area contributed by atoms with Crippen LogP contribution in [0.5, 0.6) is 0 Å². The van der Waals surface area contributed by atoms with Gasteiger partial charge in [0.25, 0.3) is 5.56 Å². The van der Waals surface area contributed by atoms with Crippen LogP contribution in [0.3, 0.4) is 0 Å². The van der Waals surface area contributed by atoms with Crippen molar-refractivity contribution in [3.8, 4) is 0 Å². The van der Waals surface area contributed by atoms with Gasteiger partial charge in [0, 0.05) is 17.6 Å². The molecule has 0 unspecified atom stereocenters. The topological polar surface area (TPSA) is 79.0 Å². The van der Waals surface area contributed by atoms with E-state index >= 15 is 0 Å². The summed E-state index contributed by atoms with van der Waals surface area (Å²) in [5.74, 6) is 0.372. The Balaban J connectivity index is 1.91. The minimum Gasteiger partial charge on any atom is -0.322 e. The summed E-state index contributed by atoms with van der Waals surface area (Å²) in [4.78, 5) is 15.2. The van der Waals surface area contributed by atoms with Crippen molar-refractivity contribution in [3.05, 3.63) is 76.1 Å². The van der Waals surface area contributed by atoms with Gasteiger partial charge in [0.05, 0.1) is 4.90 Å². The van der Waals surface area contributed by atoms with Crippen molar-refractivity contribution in [1.29, 1.82) is 0 Å². The Labute approximate surface area is 146 Å². The van der Waals surface area contributed by atoms with E-state index in [-0.39, 0.29) is 17.0 Å². The number of fused-ring (bicyclic) bond motifs is 1. The molecule has 3 aromatic rings. The van der Waals surface area contributed by atoms with Gasteiger partial charge in [-0.25, -0.2) is 13.1 Å². The molecule has 0 saturated heterocycles. The van der Waals surface area contributed by atoms with Gasteiger partial charge in [-0.1, -0.05) is 38.1 Å². The van der Waals surface area contributed by atoms with Crippen molar-refractivity contribution in [2.24, 2.45) is 0 Å². The molecule has 0 bridgehead atoms. The molecule has 0 aliphatic heterocycles. The van der Waals surface area contributed by atoms with E-state index in [1.54, 1.807) is 24.3 Å². The van der Waals surface area contributed by atoms with Gasteiger partial charge in [0.1, 0.15) is 0 Å². The van der Waals surface area contributed by atoms with E-state index in [1.807, 2.05) is 18.2 Å². The van der Waals surface area contributed by atoms with E-state index in [9.17, 15) is 13.2 Å². The summed E-state index contributed by atoms with van der Waals surface area (Å²) in [5.41, 5.74) is 1.99. The van der Waals surface area contributed by atoms with E-state index in [0.29, 0.717) is 11.5 Å². The number of hydrogen-bond donors (Lipinski definition) is 2. The zero-order valence-electron chi connectivity index (χ0n) is 14.1. The van der Waals surface area contributed by atoms with Crippen molar-refractivity contribution in [2.75, 3.05) is 0 Å². The summed E-state index contributed by atoms with van der Waals surface area (Å²) in [5, 5.41) is 0.889. The zero-order chi connectivity index (χ0) is 18.0. The molecule has 0 amide bonds. The molecule has 0 radical (unpaired) electrons. The van der Waals surface area contributed by atoms with Gasteiger partial charge in [-0.3, -0.25) is 4.79 Å². The molecule has 0 saturated carbocycles. The van der Waals surface area contributed by atoms with Gasteiger partial charge in [-0.15, -0.1) is 0 Å². The Morgan fingerprint density at radius 1 is 1.04 bits per heavy atom. The minimum atomic E-state index is -3.65. The number of nitrogens with one attached hydrogen (secondary N) is 2. The van der Waals surface area contributed by atoms with E-state index in [1.165, 1.54) is 12.1 Å². The fraction of sp³-hybridized carbons (Fsp3) is 0.211. The summed E-state index contributed by atoms with van der Waals surface area (Å²) >= 11 is 0. The van der Waals surface area contributed by atoms with Gasteiger partial charge in [0.2, 0.25) is 10.0 Å². The monoisotopic (exact) mass is 356 g/mol. The average Bonchev–Trinajstić information content (AvgIpc) is 2.60. The molecule has 130 valence electrons. The highest BCUT2D eigenvalue weighted by Gasteiger charge is 2.14. The number of sulfonamides is 1. The maximum absolute atomic E-state index is 12.3. The zero-order valence-corrected chi connectivity index (χ0v) is 14.9. The van der Waals surface area contributed by atoms with Crippen LogP contribution < -0.4 is 10.3 Å². The van der Waals surface area contributed by atoms with E-state index in [4.69, 9.17) is 0 Å². The lowest BCUT2D eigenvalue weighted by molar-refractivity contribution is 0.581. The summed E-state index contributed by atoms with van der Waals surface area (Å²) in [6.07, 6.45) is 0. The molecule has 0 aliphatic rings. The Bertz CT molecular complexity index is 1050. The first-order valence-electron chi connectivity index (χ1n) is 8.07. The maximum Gasteiger partial charge on any atom is 0.252 e. The smallest absolute Gasteiger partial charge is 0.252 e. The third kappa shape index (κ3) is 3.81. The normalized spacial score (nSPS) is 12.0. The third-order valence-electron chi connectivity index (χ3n) is 4.12. The number of aromatic amines is 1. The second-order valence-electron chi connectivity index (χ2n) is 6.26. The molecule has 1 heterocycles. The van der Waals surface area contributed by atoms with Crippen molar-refractivity contribution in [1.82, 2.24) is 9.71 Å². The molecule has 25 heavy (non-hydrogen) atoms. The summed E-state index contributed by atoms with van der Waals surface area (Å²) in [6.45, 7) is 4.14. The Kier molecular flexibility index (Phi) is 4.74. The quantitative estimate of drug-likeness (QED) is 0.737. The fourth-order valence-corrected chi connectivity index (χ4v) is 3.64. The molecule has 0 spiro atoms. The summed E-state index contributed by atoms with van der Waals surface area (Å²) < 4.78 is 27.1. The van der Waals surface area contributed by atoms with Crippen LogP contribution in [-0.4, -0.2) is 13.4 Å². The predicted octanol–water partition coefficient (Wildman–Crippen LogP) is 3.13. The van der Waals surface area contributed by atoms with Crippen LogP contribution in [0.1, 0.15) is 30.9 Å². The van der Waals surface area contributed by atoms with Crippen molar-refractivity contribution in [3.63, 3.8) is 0 Å². The summed E-state index contributed by atoms with van der Waals surface area (Å²) in [7, 11) is -3.65. The number of rotatable bonds is 5. The van der Waals surface area contributed by atoms with E-state index < -0.39 is 10.0 Å². The SMILES string of the molecule is CC(C)c1ccc2[nH]c(=O)c(CNS(=O)(=O)c3ccccc3)cc2c1. The molecule has 0 aliphatic carbocycles. The van der Waals surface area contributed by atoms with Crippen LogP contribution in [0.2, 0.25) is 0 Å². The van der Waals surface area contributed by atoms with Crippen LogP contribution >= 0.6 is 0 Å². The van der Waals surface area contributed by atoms with Gasteiger partial charge in [-0.2, -0.15) is 0 Å². The van der Waals surface area contributed by atoms with E-state index in [0.717, 1.165) is 16.5 Å². The Morgan fingerprint density at radius 3 is 2.44 bits per heavy atom. The maximum atomic E-state index is 12.3. The highest BCUT2D eigenvalue weighted by Crippen LogP contribution is 2.20. The lowest BCUT2D eigenvalue weighted by atomic mass is 10.0. The van der Waals surface area contributed by atoms with Crippen LogP contribution in [0.4, 0.5) is 0 Å². The fourth-order valence-electron chi connectivity index (χ4n) is 2.62. The number of hydrogen-bond acceptors (Lipinski definition) is 3. The largest absolute Gasteiger partial charge is 0.322 e. The molecular formula is C19H20N2O3S. The summed E-state index contributed by atoms with van der Waals surface area (Å²) in [6, 6.07) is 15.7. The van der Waals surface area contributed by atoms with Gasteiger partial charge < -0.3 is 4.98 Å². The second-order valence-corrected chi connectivity index (χ2v) is 8.03. The number of pyridine rings is 1. The molecule has 2 aromatic carbocycles. The van der Waals surface area contributed by atoms with Crippen LogP contribution in [0.15, 0.2) is 64.3 Å². The molecule has 6 heteroatoms. The number of benzene rings is 2. The van der Waals surface area contributed by atoms with Crippen LogP contribution in [0, 0.1) is 0 Å². The van der Waals surface area contributed by atoms with Crippen LogP contribution in [-0.2, 0) is 16.6 Å². The lowest BCUT2D eigenvalue weighted by Gasteiger charge is -2.09. The first-order chi connectivity index (χ1) is 11.9. The molecule has 1 aromatic heterocycles. The van der Waals surface area contributed by atoms with Gasteiger partial charge in [0.15, 0.2) is 0 Å². The number of aromatic nitrogens is 1. The lowest BCUT2D eigenvalue weighted by Crippen LogP contribution is -2.26. The molecule has 5 nitrogen and oxygen atoms in total. The average molecular weight is 356 g/mol. The molecule has 2 N–H and O–H groups in total. The van der Waals surface area contributed by atoms with Crippen molar-refractivity contribution in [2.45, 2.75) is 31.2 Å². The third-order valence-corrected chi connectivity index (χ3v) is 5.54. The Morgan fingerprint density at radius 2 is 1.76 bits per heavy atom. The van der Waals surface area contributed by atoms with E-state index in [2.05, 4.69) is 23.6 Å². The van der Waals surface area contributed by atoms with Gasteiger partial charge >= 0.3 is 0 Å². The first-order valence-corrected chi connectivity index (χ1v) is 9.56. The van der Waals surface area contributed by atoms with Crippen molar-refractivity contribution < 1.29 is 8.42 Å². The van der Waals surface area contributed by atoms with Gasteiger partial charge in [-0.05, 0) is 47.2 Å². The molecule has 0 atom stereocenters. The highest BCUT2D eigenvalue weighted by molar-refractivity contribution is 7.89. The standard InChI is InChI=1S/C19H20N2O3S/c1-13(2)14-8-9-18-15(10-14)11-16(19(22)21-18)12-20-25(23,24)17-6-4-3-5-7-17/h3-11,13,20H,12H2,1-2H3,(H,21,22). The first kappa shape index (κ1) is 17.4. The molecular weight excluding hydrogens is 336 g/mol. The Hall–Kier alpha value is -2.44. The predicted molar refractivity (Wildman–Crippen MR) is 99.1 cm³/mol. The minimum absolute atomic E-state index is 0.0611. The number of H-pyrrole nitrogens is 1. The second kappa shape index (κ2) is 6.82. The van der Waals surface area contributed by atoms with Crippen LogP contribution in [0.25, 0.3) is 10.9 Å². The molecule has 3 rings (SSSR count).